The second kappa shape index (κ2) is 4.95. The van der Waals surface area contributed by atoms with Crippen molar-refractivity contribution >= 4 is 16.9 Å². The molecule has 6 nitrogen and oxygen atoms in total. The highest BCUT2D eigenvalue weighted by Gasteiger charge is 2.20. The number of rotatable bonds is 1. The third-order valence-corrected chi connectivity index (χ3v) is 4.09. The van der Waals surface area contributed by atoms with Gasteiger partial charge in [0, 0.05) is 30.9 Å². The highest BCUT2D eigenvalue weighted by molar-refractivity contribution is 5.71. The summed E-state index contributed by atoms with van der Waals surface area (Å²) in [4.78, 5) is 23.2. The molecule has 0 radical (unpaired) electrons. The van der Waals surface area contributed by atoms with Crippen LogP contribution in [0.4, 0.5) is 10.1 Å². The number of benzene rings is 1. The monoisotopic (exact) mass is 309 g/mol. The van der Waals surface area contributed by atoms with Crippen molar-refractivity contribution < 1.29 is 4.39 Å². The largest absolute Gasteiger partial charge is 0.367 e. The van der Waals surface area contributed by atoms with Crippen LogP contribution >= 0.6 is 0 Å². The van der Waals surface area contributed by atoms with Crippen LogP contribution in [0.2, 0.25) is 0 Å². The molecule has 1 aliphatic heterocycles. The van der Waals surface area contributed by atoms with Crippen molar-refractivity contribution in [3.63, 3.8) is 0 Å². The molecule has 0 fully saturated rings. The maximum Gasteiger partial charge on any atom is 0.325 e. The predicted molar refractivity (Wildman–Crippen MR) is 82.6 cm³/mol. The highest BCUT2D eigenvalue weighted by atomic mass is 19.1. The van der Waals surface area contributed by atoms with Crippen molar-refractivity contribution in [3.05, 3.63) is 57.4 Å². The van der Waals surface area contributed by atoms with E-state index in [-0.39, 0.29) is 11.3 Å². The Morgan fingerprint density at radius 1 is 1.30 bits per heavy atom. The quantitative estimate of drug-likeness (QED) is 0.717. The van der Waals surface area contributed by atoms with Gasteiger partial charge in [-0.1, -0.05) is 0 Å². The molecule has 1 aliphatic rings. The first kappa shape index (κ1) is 13.5. The Labute approximate surface area is 130 Å². The van der Waals surface area contributed by atoms with Gasteiger partial charge in [-0.2, -0.15) is 5.26 Å². The standard InChI is InChI=1S/C16H12FN5O/c17-12-6-11(2-1-9(12)7-18)22-4-3-13-10(8-22)5-14-15(19-13)21-16(23)20-14/h1-2,5-6H,3-4,8H2,(H2,19,20,21,23). The summed E-state index contributed by atoms with van der Waals surface area (Å²) in [6, 6.07) is 8.35. The number of H-pyrrole nitrogens is 2. The van der Waals surface area contributed by atoms with E-state index in [0.717, 1.165) is 16.9 Å². The van der Waals surface area contributed by atoms with Crippen molar-refractivity contribution in [2.75, 3.05) is 11.4 Å². The summed E-state index contributed by atoms with van der Waals surface area (Å²) in [5.41, 5.74) is 3.67. The Kier molecular flexibility index (Phi) is 2.91. The van der Waals surface area contributed by atoms with Crippen LogP contribution in [0, 0.1) is 17.1 Å². The second-order valence-corrected chi connectivity index (χ2v) is 5.52. The number of aromatic nitrogens is 3. The van der Waals surface area contributed by atoms with Gasteiger partial charge in [0.25, 0.3) is 0 Å². The van der Waals surface area contributed by atoms with Gasteiger partial charge >= 0.3 is 5.69 Å². The summed E-state index contributed by atoms with van der Waals surface area (Å²) in [5, 5.41) is 8.81. The molecule has 114 valence electrons. The smallest absolute Gasteiger partial charge is 0.325 e. The van der Waals surface area contributed by atoms with E-state index in [2.05, 4.69) is 15.0 Å². The second-order valence-electron chi connectivity index (χ2n) is 5.52. The molecule has 1 aromatic carbocycles. The van der Waals surface area contributed by atoms with E-state index < -0.39 is 5.82 Å². The van der Waals surface area contributed by atoms with Gasteiger partial charge < -0.3 is 9.88 Å². The van der Waals surface area contributed by atoms with Crippen LogP contribution in [-0.4, -0.2) is 21.5 Å². The summed E-state index contributed by atoms with van der Waals surface area (Å²) in [6.45, 7) is 1.28. The fourth-order valence-corrected chi connectivity index (χ4v) is 2.94. The van der Waals surface area contributed by atoms with Gasteiger partial charge in [-0.25, -0.2) is 14.2 Å². The zero-order valence-corrected chi connectivity index (χ0v) is 12.1. The minimum Gasteiger partial charge on any atom is -0.367 e. The van der Waals surface area contributed by atoms with Crippen molar-refractivity contribution in [2.45, 2.75) is 13.0 Å². The number of hydrogen-bond donors (Lipinski definition) is 2. The Balaban J connectivity index is 1.70. The van der Waals surface area contributed by atoms with Gasteiger partial charge in [0.05, 0.1) is 11.1 Å². The number of halogens is 1. The van der Waals surface area contributed by atoms with Gasteiger partial charge in [-0.3, -0.25) is 4.98 Å². The van der Waals surface area contributed by atoms with E-state index >= 15 is 0 Å². The molecule has 2 aromatic heterocycles. The van der Waals surface area contributed by atoms with Crippen LogP contribution in [0.5, 0.6) is 0 Å². The lowest BCUT2D eigenvalue weighted by molar-refractivity contribution is 0.621. The van der Waals surface area contributed by atoms with Gasteiger partial charge in [0.1, 0.15) is 11.9 Å². The number of fused-ring (bicyclic) bond motifs is 2. The Hall–Kier alpha value is -3.14. The summed E-state index contributed by atoms with van der Waals surface area (Å²) in [6.07, 6.45) is 0.708. The normalized spacial score (nSPS) is 13.8. The van der Waals surface area contributed by atoms with Crippen LogP contribution in [0.25, 0.3) is 11.2 Å². The Bertz CT molecular complexity index is 1010. The van der Waals surface area contributed by atoms with Crippen LogP contribution < -0.4 is 10.6 Å². The zero-order valence-electron chi connectivity index (χ0n) is 12.1. The fourth-order valence-electron chi connectivity index (χ4n) is 2.94. The molecule has 23 heavy (non-hydrogen) atoms. The number of aromatic amines is 2. The lowest BCUT2D eigenvalue weighted by Gasteiger charge is -2.30. The number of hydrogen-bond acceptors (Lipinski definition) is 4. The van der Waals surface area contributed by atoms with Crippen LogP contribution in [0.1, 0.15) is 16.8 Å². The first-order valence-corrected chi connectivity index (χ1v) is 7.19. The molecule has 0 unspecified atom stereocenters. The van der Waals surface area contributed by atoms with Gasteiger partial charge in [-0.05, 0) is 29.8 Å². The number of nitrogens with one attached hydrogen (secondary N) is 2. The molecule has 3 aromatic rings. The zero-order chi connectivity index (χ0) is 16.0. The highest BCUT2D eigenvalue weighted by Crippen LogP contribution is 2.26. The van der Waals surface area contributed by atoms with E-state index in [9.17, 15) is 9.18 Å². The van der Waals surface area contributed by atoms with Crippen molar-refractivity contribution in [1.82, 2.24) is 15.0 Å². The SMILES string of the molecule is N#Cc1ccc(N2CCc3nc4[nH]c(=O)[nH]c4cc3C2)cc1F. The third-order valence-electron chi connectivity index (χ3n) is 4.09. The molecular formula is C16H12FN5O. The molecule has 0 bridgehead atoms. The Morgan fingerprint density at radius 3 is 2.96 bits per heavy atom. The van der Waals surface area contributed by atoms with E-state index in [1.165, 1.54) is 12.1 Å². The van der Waals surface area contributed by atoms with Crippen molar-refractivity contribution in [1.29, 1.82) is 5.26 Å². The average Bonchev–Trinajstić information content (AvgIpc) is 2.90. The first-order chi connectivity index (χ1) is 11.1. The van der Waals surface area contributed by atoms with Crippen LogP contribution in [0.15, 0.2) is 29.1 Å². The molecule has 4 rings (SSSR count). The van der Waals surface area contributed by atoms with Gasteiger partial charge in [0.2, 0.25) is 0 Å². The van der Waals surface area contributed by atoms with E-state index in [1.54, 1.807) is 6.07 Å². The van der Waals surface area contributed by atoms with E-state index in [0.29, 0.717) is 30.7 Å². The minimum atomic E-state index is -0.515. The molecule has 0 amide bonds. The van der Waals surface area contributed by atoms with Gasteiger partial charge in [0.15, 0.2) is 5.65 Å². The lowest BCUT2D eigenvalue weighted by atomic mass is 10.0. The molecule has 0 atom stereocenters. The summed E-state index contributed by atoms with van der Waals surface area (Å²) >= 11 is 0. The molecule has 0 saturated carbocycles. The Morgan fingerprint density at radius 2 is 2.17 bits per heavy atom. The topological polar surface area (TPSA) is 88.6 Å². The fraction of sp³-hybridized carbons (Fsp3) is 0.188. The van der Waals surface area contributed by atoms with Crippen LogP contribution in [-0.2, 0) is 13.0 Å². The number of anilines is 1. The maximum absolute atomic E-state index is 13.8. The molecular weight excluding hydrogens is 297 g/mol. The van der Waals surface area contributed by atoms with E-state index in [1.807, 2.05) is 17.0 Å². The summed E-state index contributed by atoms with van der Waals surface area (Å²) < 4.78 is 13.8. The summed E-state index contributed by atoms with van der Waals surface area (Å²) in [5.74, 6) is -0.515. The predicted octanol–water partition coefficient (Wildman–Crippen LogP) is 1.82. The number of nitriles is 1. The van der Waals surface area contributed by atoms with Crippen molar-refractivity contribution in [2.24, 2.45) is 0 Å². The first-order valence-electron chi connectivity index (χ1n) is 7.19. The molecule has 0 aliphatic carbocycles. The molecule has 7 heteroatoms. The molecule has 3 heterocycles. The third kappa shape index (κ3) is 2.25. The van der Waals surface area contributed by atoms with Crippen molar-refractivity contribution in [3.8, 4) is 6.07 Å². The van der Waals surface area contributed by atoms with E-state index in [4.69, 9.17) is 5.26 Å². The molecule has 0 saturated heterocycles. The van der Waals surface area contributed by atoms with Crippen LogP contribution in [0.3, 0.4) is 0 Å². The van der Waals surface area contributed by atoms with Gasteiger partial charge in [-0.15, -0.1) is 0 Å². The minimum absolute atomic E-state index is 0.0411. The summed E-state index contributed by atoms with van der Waals surface area (Å²) in [7, 11) is 0. The average molecular weight is 309 g/mol. The maximum atomic E-state index is 13.8. The number of imidazole rings is 1. The molecule has 0 spiro atoms. The number of nitrogens with zero attached hydrogens (tertiary/aromatic N) is 3. The molecule has 2 N–H and O–H groups in total. The lowest BCUT2D eigenvalue weighted by Crippen LogP contribution is -2.31. The number of pyridine rings is 1.